The average Bonchev–Trinajstić information content (AvgIpc) is 3.09. The number of fused-ring (bicyclic) bond motifs is 1. The normalized spacial score (nSPS) is 18.4. The van der Waals surface area contributed by atoms with Crippen molar-refractivity contribution in [2.24, 2.45) is 0 Å². The van der Waals surface area contributed by atoms with E-state index in [2.05, 4.69) is 14.9 Å². The van der Waals surface area contributed by atoms with Crippen LogP contribution in [0, 0.1) is 0 Å². The highest BCUT2D eigenvalue weighted by molar-refractivity contribution is 5.85. The molecule has 0 spiro atoms. The number of rotatable bonds is 4. The number of imidazole rings is 1. The molecule has 2 aliphatic heterocycles. The minimum Gasteiger partial charge on any atom is -0.496 e. The van der Waals surface area contributed by atoms with E-state index in [-0.39, 0.29) is 30.9 Å². The monoisotopic (exact) mass is 403 g/mol. The number of hydrogen-bond acceptors (Lipinski definition) is 6. The fraction of sp³-hybridized carbons (Fsp3) is 0.471. The summed E-state index contributed by atoms with van der Waals surface area (Å²) in [5.74, 6) is 2.98. The molecular weight excluding hydrogens is 381 g/mol. The molecule has 2 aromatic rings. The van der Waals surface area contributed by atoms with Crippen molar-refractivity contribution in [3.63, 3.8) is 0 Å². The van der Waals surface area contributed by atoms with Gasteiger partial charge in [0.25, 0.3) is 0 Å². The molecule has 7 nitrogen and oxygen atoms in total. The van der Waals surface area contributed by atoms with E-state index < -0.39 is 0 Å². The molecule has 2 aliphatic rings. The maximum Gasteiger partial charge on any atom is 0.165 e. The highest BCUT2D eigenvalue weighted by Gasteiger charge is 2.21. The quantitative estimate of drug-likeness (QED) is 0.843. The number of methoxy groups -OCH3 is 1. The van der Waals surface area contributed by atoms with E-state index >= 15 is 0 Å². The summed E-state index contributed by atoms with van der Waals surface area (Å²) in [6.07, 6.45) is 3.89. The van der Waals surface area contributed by atoms with Gasteiger partial charge >= 0.3 is 0 Å². The number of nitrogens with zero attached hydrogens (tertiary/aromatic N) is 2. The average molecular weight is 404 g/mol. The molecule has 1 saturated heterocycles. The van der Waals surface area contributed by atoms with Crippen LogP contribution in [-0.2, 0) is 11.3 Å². The summed E-state index contributed by atoms with van der Waals surface area (Å²) in [5.41, 5.74) is 0.885. The molecule has 4 rings (SSSR count). The lowest BCUT2D eigenvalue weighted by Crippen LogP contribution is -2.40. The van der Waals surface area contributed by atoms with Crippen LogP contribution in [0.3, 0.4) is 0 Å². The van der Waals surface area contributed by atoms with Crippen molar-refractivity contribution in [3.05, 3.63) is 24.5 Å². The van der Waals surface area contributed by atoms with Crippen LogP contribution in [0.2, 0.25) is 0 Å². The predicted molar refractivity (Wildman–Crippen MR) is 102 cm³/mol. The summed E-state index contributed by atoms with van der Waals surface area (Å²) in [4.78, 5) is 4.52. The molecule has 1 N–H and O–H groups in total. The molecule has 0 amide bonds. The predicted octanol–water partition coefficient (Wildman–Crippen LogP) is 2.16. The zero-order chi connectivity index (χ0) is 16.4. The number of aromatic nitrogens is 2. The van der Waals surface area contributed by atoms with E-state index in [9.17, 15) is 0 Å². The molecular formula is C17H23Cl2N3O4. The Hall–Kier alpha value is -1.67. The highest BCUT2D eigenvalue weighted by atomic mass is 35.5. The Morgan fingerprint density at radius 2 is 1.96 bits per heavy atom. The third kappa shape index (κ3) is 4.17. The molecule has 0 saturated carbocycles. The Kier molecular flexibility index (Phi) is 7.40. The van der Waals surface area contributed by atoms with Gasteiger partial charge in [-0.2, -0.15) is 0 Å². The van der Waals surface area contributed by atoms with Gasteiger partial charge in [0.15, 0.2) is 11.5 Å². The van der Waals surface area contributed by atoms with Crippen LogP contribution < -0.4 is 19.5 Å². The molecule has 0 aliphatic carbocycles. The van der Waals surface area contributed by atoms with Gasteiger partial charge in [-0.25, -0.2) is 4.98 Å². The first-order valence-electron chi connectivity index (χ1n) is 8.16. The van der Waals surface area contributed by atoms with Crippen molar-refractivity contribution in [1.82, 2.24) is 14.9 Å². The van der Waals surface area contributed by atoms with Gasteiger partial charge in [0.05, 0.1) is 31.9 Å². The molecule has 1 aromatic carbocycles. The highest BCUT2D eigenvalue weighted by Crippen LogP contribution is 2.41. The number of halogens is 2. The van der Waals surface area contributed by atoms with Gasteiger partial charge < -0.3 is 28.8 Å². The number of ether oxygens (including phenoxy) is 4. The fourth-order valence-electron chi connectivity index (χ4n) is 3.07. The van der Waals surface area contributed by atoms with Crippen molar-refractivity contribution in [2.75, 3.05) is 40.0 Å². The van der Waals surface area contributed by atoms with Crippen molar-refractivity contribution in [3.8, 4) is 28.6 Å². The lowest BCUT2D eigenvalue weighted by atomic mass is 10.1. The Balaban J connectivity index is 0.00000121. The molecule has 1 aromatic heterocycles. The smallest absolute Gasteiger partial charge is 0.165 e. The first-order valence-corrected chi connectivity index (χ1v) is 8.16. The zero-order valence-electron chi connectivity index (χ0n) is 14.5. The van der Waals surface area contributed by atoms with Crippen LogP contribution in [0.1, 0.15) is 0 Å². The largest absolute Gasteiger partial charge is 0.496 e. The summed E-state index contributed by atoms with van der Waals surface area (Å²) < 4.78 is 24.8. The summed E-state index contributed by atoms with van der Waals surface area (Å²) in [6, 6.07) is 3.80. The lowest BCUT2D eigenvalue weighted by molar-refractivity contribution is 0.0185. The molecule has 9 heteroatoms. The second-order valence-electron chi connectivity index (χ2n) is 5.80. The Labute approximate surface area is 164 Å². The summed E-state index contributed by atoms with van der Waals surface area (Å²) >= 11 is 0. The Morgan fingerprint density at radius 1 is 1.19 bits per heavy atom. The third-order valence-corrected chi connectivity index (χ3v) is 4.23. The van der Waals surface area contributed by atoms with Crippen molar-refractivity contribution < 1.29 is 18.9 Å². The van der Waals surface area contributed by atoms with Gasteiger partial charge in [-0.1, -0.05) is 0 Å². The van der Waals surface area contributed by atoms with Crippen LogP contribution in [0.4, 0.5) is 0 Å². The standard InChI is InChI=1S/C17H21N3O4.2ClH/c1-21-14-9-16-15(23-6-7-24-16)8-13(14)17-19-2-4-20(17)11-12-10-18-3-5-22-12;;/h2,4,8-9,12,18H,3,5-7,10-11H2,1H3;2*1H. The van der Waals surface area contributed by atoms with Gasteiger partial charge in [0.1, 0.15) is 24.8 Å². The Bertz CT molecular complexity index is 720. The van der Waals surface area contributed by atoms with Gasteiger partial charge in [0.2, 0.25) is 0 Å². The third-order valence-electron chi connectivity index (χ3n) is 4.23. The SMILES string of the molecule is COc1cc2c(cc1-c1nccn1CC1CNCCO1)OCCO2.Cl.Cl. The van der Waals surface area contributed by atoms with Gasteiger partial charge in [-0.15, -0.1) is 24.8 Å². The number of morpholine rings is 1. The van der Waals surface area contributed by atoms with Crippen LogP contribution >= 0.6 is 24.8 Å². The minimum absolute atomic E-state index is 0. The van der Waals surface area contributed by atoms with Crippen LogP contribution in [0.5, 0.6) is 17.2 Å². The summed E-state index contributed by atoms with van der Waals surface area (Å²) in [5, 5.41) is 3.35. The van der Waals surface area contributed by atoms with E-state index in [0.29, 0.717) is 19.0 Å². The molecule has 1 atom stereocenters. The van der Waals surface area contributed by atoms with Crippen LogP contribution in [-0.4, -0.2) is 55.7 Å². The van der Waals surface area contributed by atoms with E-state index in [1.165, 1.54) is 0 Å². The molecule has 1 unspecified atom stereocenters. The molecule has 144 valence electrons. The number of benzene rings is 1. The maximum absolute atomic E-state index is 5.80. The van der Waals surface area contributed by atoms with Gasteiger partial charge in [0, 0.05) is 31.5 Å². The zero-order valence-corrected chi connectivity index (χ0v) is 16.1. The summed E-state index contributed by atoms with van der Waals surface area (Å²) in [7, 11) is 1.65. The van der Waals surface area contributed by atoms with Crippen molar-refractivity contribution in [2.45, 2.75) is 12.6 Å². The molecule has 0 radical (unpaired) electrons. The first-order chi connectivity index (χ1) is 11.8. The topological polar surface area (TPSA) is 66.8 Å². The molecule has 1 fully saturated rings. The molecule has 0 bridgehead atoms. The second-order valence-corrected chi connectivity index (χ2v) is 5.80. The van der Waals surface area contributed by atoms with E-state index in [0.717, 1.165) is 49.1 Å². The molecule has 3 heterocycles. The Morgan fingerprint density at radius 3 is 2.65 bits per heavy atom. The van der Waals surface area contributed by atoms with Crippen LogP contribution in [0.25, 0.3) is 11.4 Å². The minimum atomic E-state index is 0. The summed E-state index contributed by atoms with van der Waals surface area (Å²) in [6.45, 7) is 4.33. The van der Waals surface area contributed by atoms with Crippen LogP contribution in [0.15, 0.2) is 24.5 Å². The first kappa shape index (κ1) is 20.6. The lowest BCUT2D eigenvalue weighted by Gasteiger charge is -2.25. The number of hydrogen-bond donors (Lipinski definition) is 1. The van der Waals surface area contributed by atoms with Gasteiger partial charge in [-0.05, 0) is 6.07 Å². The van der Waals surface area contributed by atoms with E-state index in [4.69, 9.17) is 18.9 Å². The van der Waals surface area contributed by atoms with Crippen molar-refractivity contribution >= 4 is 24.8 Å². The fourth-order valence-corrected chi connectivity index (χ4v) is 3.07. The molecule has 26 heavy (non-hydrogen) atoms. The van der Waals surface area contributed by atoms with Gasteiger partial charge in [-0.3, -0.25) is 0 Å². The van der Waals surface area contributed by atoms with Crippen molar-refractivity contribution in [1.29, 1.82) is 0 Å². The number of nitrogens with one attached hydrogen (secondary N) is 1. The van der Waals surface area contributed by atoms with E-state index in [1.807, 2.05) is 18.3 Å². The maximum atomic E-state index is 5.80. The second kappa shape index (κ2) is 9.32. The van der Waals surface area contributed by atoms with E-state index in [1.54, 1.807) is 13.3 Å².